The lowest BCUT2D eigenvalue weighted by Gasteiger charge is -2.15. The molecule has 1 aromatic rings. The standard InChI is InChI=1S/C11H21N5/c1-11(2,3)6-9-13-10(15-14-9)16-5-4-8(12)7-16/h8H,4-7,12H2,1-3H3,(H,13,14,15). The molecule has 5 nitrogen and oxygen atoms in total. The summed E-state index contributed by atoms with van der Waals surface area (Å²) in [4.78, 5) is 6.66. The number of nitrogens with one attached hydrogen (secondary N) is 1. The maximum absolute atomic E-state index is 5.86. The molecule has 0 aromatic carbocycles. The number of hydrogen-bond donors (Lipinski definition) is 2. The van der Waals surface area contributed by atoms with E-state index < -0.39 is 0 Å². The highest BCUT2D eigenvalue weighted by Crippen LogP contribution is 2.20. The molecular formula is C11H21N5. The third-order valence-corrected chi connectivity index (χ3v) is 2.73. The minimum absolute atomic E-state index is 0.234. The van der Waals surface area contributed by atoms with Crippen LogP contribution in [0.1, 0.15) is 33.0 Å². The number of rotatable bonds is 2. The zero-order valence-electron chi connectivity index (χ0n) is 10.3. The lowest BCUT2D eigenvalue weighted by Crippen LogP contribution is -2.27. The Hall–Kier alpha value is -1.10. The van der Waals surface area contributed by atoms with Gasteiger partial charge in [-0.25, -0.2) is 0 Å². The van der Waals surface area contributed by atoms with Crippen LogP contribution in [0.2, 0.25) is 0 Å². The molecule has 2 rings (SSSR count). The quantitative estimate of drug-likeness (QED) is 0.782. The van der Waals surface area contributed by atoms with E-state index in [1.54, 1.807) is 0 Å². The van der Waals surface area contributed by atoms with Gasteiger partial charge in [0, 0.05) is 25.6 Å². The van der Waals surface area contributed by atoms with Gasteiger partial charge in [-0.05, 0) is 11.8 Å². The first-order valence-corrected chi connectivity index (χ1v) is 5.86. The van der Waals surface area contributed by atoms with Crippen LogP contribution in [0.4, 0.5) is 5.95 Å². The van der Waals surface area contributed by atoms with Crippen molar-refractivity contribution in [2.24, 2.45) is 11.1 Å². The number of aromatic nitrogens is 3. The Balaban J connectivity index is 2.02. The van der Waals surface area contributed by atoms with Crippen molar-refractivity contribution in [1.29, 1.82) is 0 Å². The van der Waals surface area contributed by atoms with E-state index in [1.165, 1.54) is 0 Å². The Labute approximate surface area is 96.4 Å². The summed E-state index contributed by atoms with van der Waals surface area (Å²) >= 11 is 0. The Morgan fingerprint density at radius 2 is 2.25 bits per heavy atom. The molecule has 0 saturated carbocycles. The predicted molar refractivity (Wildman–Crippen MR) is 64.3 cm³/mol. The molecule has 1 unspecified atom stereocenters. The summed E-state index contributed by atoms with van der Waals surface area (Å²) in [6.45, 7) is 8.42. The van der Waals surface area contributed by atoms with Gasteiger partial charge < -0.3 is 10.6 Å². The minimum atomic E-state index is 0.234. The molecule has 1 aliphatic rings. The van der Waals surface area contributed by atoms with Gasteiger partial charge in [0.25, 0.3) is 0 Å². The molecule has 0 bridgehead atoms. The normalized spacial score (nSPS) is 21.8. The Kier molecular flexibility index (Phi) is 2.88. The third-order valence-electron chi connectivity index (χ3n) is 2.73. The van der Waals surface area contributed by atoms with Crippen molar-refractivity contribution in [2.45, 2.75) is 39.7 Å². The minimum Gasteiger partial charge on any atom is -0.338 e. The molecule has 0 spiro atoms. The summed E-state index contributed by atoms with van der Waals surface area (Å²) in [5.74, 6) is 1.76. The molecule has 0 radical (unpaired) electrons. The van der Waals surface area contributed by atoms with E-state index in [1.807, 2.05) is 0 Å². The Morgan fingerprint density at radius 3 is 2.81 bits per heavy atom. The van der Waals surface area contributed by atoms with Crippen molar-refractivity contribution in [3.8, 4) is 0 Å². The first-order chi connectivity index (χ1) is 7.44. The maximum Gasteiger partial charge on any atom is 0.244 e. The summed E-state index contributed by atoms with van der Waals surface area (Å²) in [7, 11) is 0. The number of anilines is 1. The number of hydrogen-bond acceptors (Lipinski definition) is 4. The van der Waals surface area contributed by atoms with Gasteiger partial charge in [0.2, 0.25) is 5.95 Å². The largest absolute Gasteiger partial charge is 0.338 e. The van der Waals surface area contributed by atoms with Crippen molar-refractivity contribution in [3.63, 3.8) is 0 Å². The summed E-state index contributed by atoms with van der Waals surface area (Å²) < 4.78 is 0. The van der Waals surface area contributed by atoms with Crippen molar-refractivity contribution in [1.82, 2.24) is 15.2 Å². The average Bonchev–Trinajstić information content (AvgIpc) is 2.71. The number of nitrogens with zero attached hydrogens (tertiary/aromatic N) is 3. The molecule has 1 aromatic heterocycles. The molecule has 0 amide bonds. The summed E-state index contributed by atoms with van der Waals surface area (Å²) in [5.41, 5.74) is 6.10. The highest BCUT2D eigenvalue weighted by Gasteiger charge is 2.23. The van der Waals surface area contributed by atoms with E-state index in [4.69, 9.17) is 5.73 Å². The fraction of sp³-hybridized carbons (Fsp3) is 0.818. The second kappa shape index (κ2) is 4.05. The van der Waals surface area contributed by atoms with E-state index in [-0.39, 0.29) is 11.5 Å². The smallest absolute Gasteiger partial charge is 0.244 e. The van der Waals surface area contributed by atoms with Crippen LogP contribution in [0.3, 0.4) is 0 Å². The zero-order chi connectivity index (χ0) is 11.8. The van der Waals surface area contributed by atoms with Crippen molar-refractivity contribution in [2.75, 3.05) is 18.0 Å². The molecule has 1 atom stereocenters. The third kappa shape index (κ3) is 2.72. The van der Waals surface area contributed by atoms with E-state index in [0.29, 0.717) is 0 Å². The highest BCUT2D eigenvalue weighted by atomic mass is 15.4. The summed E-state index contributed by atoms with van der Waals surface area (Å²) in [5, 5.41) is 7.26. The van der Waals surface area contributed by atoms with Gasteiger partial charge in [-0.3, -0.25) is 5.10 Å². The van der Waals surface area contributed by atoms with Crippen LogP contribution in [-0.2, 0) is 6.42 Å². The Morgan fingerprint density at radius 1 is 1.50 bits per heavy atom. The molecule has 2 heterocycles. The summed E-state index contributed by atoms with van der Waals surface area (Å²) in [6.07, 6.45) is 1.95. The monoisotopic (exact) mass is 223 g/mol. The van der Waals surface area contributed by atoms with Crippen LogP contribution >= 0.6 is 0 Å². The van der Waals surface area contributed by atoms with Crippen molar-refractivity contribution >= 4 is 5.95 Å². The van der Waals surface area contributed by atoms with Crippen LogP contribution in [-0.4, -0.2) is 34.3 Å². The van der Waals surface area contributed by atoms with Crippen molar-refractivity contribution < 1.29 is 0 Å². The fourth-order valence-electron chi connectivity index (χ4n) is 1.98. The van der Waals surface area contributed by atoms with Gasteiger partial charge in [-0.2, -0.15) is 4.98 Å². The number of nitrogens with two attached hydrogens (primary N) is 1. The van der Waals surface area contributed by atoms with Gasteiger partial charge in [0.1, 0.15) is 5.82 Å². The summed E-state index contributed by atoms with van der Waals surface area (Å²) in [6, 6.07) is 0.268. The van der Waals surface area contributed by atoms with E-state index in [2.05, 4.69) is 40.9 Å². The van der Waals surface area contributed by atoms with E-state index in [9.17, 15) is 0 Å². The van der Waals surface area contributed by atoms with Crippen LogP contribution in [0, 0.1) is 5.41 Å². The van der Waals surface area contributed by atoms with Gasteiger partial charge in [-0.15, -0.1) is 5.10 Å². The second-order valence-corrected chi connectivity index (χ2v) is 5.81. The van der Waals surface area contributed by atoms with Crippen LogP contribution < -0.4 is 10.6 Å². The average molecular weight is 223 g/mol. The van der Waals surface area contributed by atoms with Gasteiger partial charge >= 0.3 is 0 Å². The lowest BCUT2D eigenvalue weighted by atomic mass is 9.92. The van der Waals surface area contributed by atoms with Gasteiger partial charge in [0.05, 0.1) is 0 Å². The molecule has 1 saturated heterocycles. The fourth-order valence-corrected chi connectivity index (χ4v) is 1.98. The van der Waals surface area contributed by atoms with Crippen LogP contribution in [0.5, 0.6) is 0 Å². The molecular weight excluding hydrogens is 202 g/mol. The maximum atomic E-state index is 5.86. The van der Waals surface area contributed by atoms with Crippen LogP contribution in [0.25, 0.3) is 0 Å². The van der Waals surface area contributed by atoms with Crippen LogP contribution in [0.15, 0.2) is 0 Å². The van der Waals surface area contributed by atoms with Crippen molar-refractivity contribution in [3.05, 3.63) is 5.82 Å². The topological polar surface area (TPSA) is 70.8 Å². The molecule has 16 heavy (non-hydrogen) atoms. The lowest BCUT2D eigenvalue weighted by molar-refractivity contribution is 0.401. The first-order valence-electron chi connectivity index (χ1n) is 5.86. The molecule has 90 valence electrons. The molecule has 0 aliphatic carbocycles. The molecule has 5 heteroatoms. The molecule has 1 aliphatic heterocycles. The zero-order valence-corrected chi connectivity index (χ0v) is 10.3. The van der Waals surface area contributed by atoms with E-state index >= 15 is 0 Å². The first kappa shape index (κ1) is 11.4. The SMILES string of the molecule is CC(C)(C)Cc1nc(N2CCC(N)C2)n[nH]1. The Bertz CT molecular complexity index is 352. The molecule has 1 fully saturated rings. The molecule has 3 N–H and O–H groups in total. The predicted octanol–water partition coefficient (Wildman–Crippen LogP) is 0.931. The highest BCUT2D eigenvalue weighted by molar-refractivity contribution is 5.31. The van der Waals surface area contributed by atoms with Gasteiger partial charge in [0.15, 0.2) is 0 Å². The van der Waals surface area contributed by atoms with E-state index in [0.717, 1.165) is 37.7 Å². The number of H-pyrrole nitrogens is 1. The number of aromatic amines is 1. The van der Waals surface area contributed by atoms with Gasteiger partial charge in [-0.1, -0.05) is 20.8 Å². The second-order valence-electron chi connectivity index (χ2n) is 5.81.